The number of nitrogens with zero attached hydrogens (tertiary/aromatic N) is 4. The van der Waals surface area contributed by atoms with Gasteiger partial charge in [-0.2, -0.15) is 5.26 Å². The van der Waals surface area contributed by atoms with E-state index in [4.69, 9.17) is 9.26 Å². The van der Waals surface area contributed by atoms with E-state index in [9.17, 15) is 20.0 Å². The van der Waals surface area contributed by atoms with Crippen molar-refractivity contribution in [2.75, 3.05) is 5.32 Å². The number of aliphatic carboxylic acids is 1. The van der Waals surface area contributed by atoms with Crippen LogP contribution < -0.4 is 5.32 Å². The van der Waals surface area contributed by atoms with Gasteiger partial charge in [-0.25, -0.2) is 14.8 Å². The number of fused-ring (bicyclic) bond motifs is 1. The maximum atomic E-state index is 12.4. The van der Waals surface area contributed by atoms with E-state index in [1.54, 1.807) is 6.92 Å². The number of carboxylic acids is 1. The summed E-state index contributed by atoms with van der Waals surface area (Å²) in [6.45, 7) is 1.73. The van der Waals surface area contributed by atoms with Crippen molar-refractivity contribution >= 4 is 50.1 Å². The summed E-state index contributed by atoms with van der Waals surface area (Å²) in [6.07, 6.45) is -0.160. The Bertz CT molecular complexity index is 1520. The predicted molar refractivity (Wildman–Crippen MR) is 126 cm³/mol. The van der Waals surface area contributed by atoms with Gasteiger partial charge < -0.3 is 14.4 Å². The first-order valence-electron chi connectivity index (χ1n) is 10.4. The van der Waals surface area contributed by atoms with Gasteiger partial charge in [0.15, 0.2) is 16.3 Å². The summed E-state index contributed by atoms with van der Waals surface area (Å²) in [6, 6.07) is 11.0. The Balaban J connectivity index is 1.33. The molecule has 0 aliphatic heterocycles. The molecule has 2 N–H and O–H groups in total. The number of rotatable bonds is 5. The van der Waals surface area contributed by atoms with Crippen LogP contribution in [0.3, 0.4) is 0 Å². The van der Waals surface area contributed by atoms with Crippen molar-refractivity contribution in [2.24, 2.45) is 0 Å². The highest BCUT2D eigenvalue weighted by Gasteiger charge is 2.54. The normalized spacial score (nSPS) is 14.4. The fourth-order valence-corrected chi connectivity index (χ4v) is 5.52. The van der Waals surface area contributed by atoms with E-state index in [1.165, 1.54) is 22.7 Å². The van der Waals surface area contributed by atoms with Crippen LogP contribution in [0.5, 0.6) is 0 Å². The third-order valence-corrected chi connectivity index (χ3v) is 7.70. The van der Waals surface area contributed by atoms with E-state index in [0.717, 1.165) is 9.58 Å². The van der Waals surface area contributed by atoms with Gasteiger partial charge in [-0.3, -0.25) is 10.1 Å². The molecule has 1 atom stereocenters. The predicted octanol–water partition coefficient (Wildman–Crippen LogP) is 4.44. The highest BCUT2D eigenvalue weighted by Crippen LogP contribution is 2.51. The molecule has 1 amide bonds. The maximum absolute atomic E-state index is 12.4. The lowest BCUT2D eigenvalue weighted by Crippen LogP contribution is -2.18. The second-order valence-corrected chi connectivity index (χ2v) is 9.97. The van der Waals surface area contributed by atoms with E-state index in [-0.39, 0.29) is 17.1 Å². The second kappa shape index (κ2) is 8.83. The number of carboxylic acid groups (broad SMARTS) is 1. The Morgan fingerprint density at radius 3 is 2.66 bits per heavy atom. The Labute approximate surface area is 206 Å². The largest absolute Gasteiger partial charge is 0.481 e. The van der Waals surface area contributed by atoms with Crippen molar-refractivity contribution in [2.45, 2.75) is 31.3 Å². The molecule has 12 heteroatoms. The molecule has 4 aromatic rings. The highest BCUT2D eigenvalue weighted by molar-refractivity contribution is 7.38. The molecule has 1 unspecified atom stereocenters. The zero-order valence-corrected chi connectivity index (χ0v) is 19.7. The number of hydrogen-bond acceptors (Lipinski definition) is 10. The Morgan fingerprint density at radius 2 is 2.00 bits per heavy atom. The first kappa shape index (κ1) is 22.5. The van der Waals surface area contributed by atoms with Crippen LogP contribution in [0.2, 0.25) is 0 Å². The van der Waals surface area contributed by atoms with Crippen molar-refractivity contribution in [3.8, 4) is 17.9 Å². The van der Waals surface area contributed by atoms with E-state index in [0.29, 0.717) is 28.5 Å². The molecule has 0 saturated heterocycles. The number of carbonyl (C=O) groups is 2. The minimum absolute atomic E-state index is 0.00109. The smallest absolute Gasteiger partial charge is 0.412 e. The average Bonchev–Trinajstić information content (AvgIpc) is 3.24. The van der Waals surface area contributed by atoms with Gasteiger partial charge in [-0.05, 0) is 37.2 Å². The van der Waals surface area contributed by atoms with Gasteiger partial charge >= 0.3 is 12.1 Å². The number of nitriles is 1. The molecule has 0 bridgehead atoms. The van der Waals surface area contributed by atoms with Crippen LogP contribution >= 0.6 is 22.7 Å². The van der Waals surface area contributed by atoms with Gasteiger partial charge in [0.05, 0.1) is 0 Å². The van der Waals surface area contributed by atoms with E-state index in [1.807, 2.05) is 36.4 Å². The second-order valence-electron chi connectivity index (χ2n) is 7.72. The van der Waals surface area contributed by atoms with Gasteiger partial charge in [0.25, 0.3) is 5.76 Å². The van der Waals surface area contributed by atoms with Crippen molar-refractivity contribution in [3.05, 3.63) is 57.4 Å². The first-order chi connectivity index (χ1) is 16.9. The van der Waals surface area contributed by atoms with Gasteiger partial charge in [-0.15, -0.1) is 11.3 Å². The number of benzene rings is 1. The molecular formula is C23H15N5O5S2. The topological polar surface area (TPSA) is 151 Å². The Morgan fingerprint density at radius 1 is 1.23 bits per heavy atom. The number of amides is 1. The Kier molecular flexibility index (Phi) is 5.68. The zero-order chi connectivity index (χ0) is 24.6. The Hall–Kier alpha value is -4.26. The van der Waals surface area contributed by atoms with Crippen LogP contribution in [-0.2, 0) is 14.9 Å². The number of aromatic nitrogens is 3. The molecule has 5 rings (SSSR count). The third-order valence-electron chi connectivity index (χ3n) is 5.41. The van der Waals surface area contributed by atoms with E-state index < -0.39 is 23.6 Å². The fraction of sp³-hybridized carbons (Fsp3) is 0.217. The molecule has 1 saturated carbocycles. The maximum Gasteiger partial charge on any atom is 0.412 e. The van der Waals surface area contributed by atoms with Gasteiger partial charge in [0, 0.05) is 0 Å². The van der Waals surface area contributed by atoms with Gasteiger partial charge in [0.2, 0.25) is 0 Å². The average molecular weight is 506 g/mol. The lowest BCUT2D eigenvalue weighted by molar-refractivity contribution is -0.140. The molecular weight excluding hydrogens is 490 g/mol. The van der Waals surface area contributed by atoms with Crippen molar-refractivity contribution in [1.29, 1.82) is 5.26 Å². The summed E-state index contributed by atoms with van der Waals surface area (Å²) >= 11 is 2.58. The monoisotopic (exact) mass is 505 g/mol. The summed E-state index contributed by atoms with van der Waals surface area (Å²) < 4.78 is 11.1. The van der Waals surface area contributed by atoms with Crippen molar-refractivity contribution in [3.63, 3.8) is 0 Å². The molecule has 1 aromatic carbocycles. The fourth-order valence-electron chi connectivity index (χ4n) is 3.31. The zero-order valence-electron chi connectivity index (χ0n) is 18.1. The van der Waals surface area contributed by atoms with Crippen LogP contribution in [0.4, 0.5) is 10.5 Å². The molecule has 35 heavy (non-hydrogen) atoms. The molecule has 1 fully saturated rings. The molecule has 0 radical (unpaired) electrons. The summed E-state index contributed by atoms with van der Waals surface area (Å²) in [4.78, 5) is 32.7. The number of anilines is 1. The van der Waals surface area contributed by atoms with Crippen LogP contribution in [0.25, 0.3) is 9.66 Å². The van der Waals surface area contributed by atoms with Crippen LogP contribution in [0.1, 0.15) is 52.9 Å². The summed E-state index contributed by atoms with van der Waals surface area (Å²) in [7, 11) is 0. The van der Waals surface area contributed by atoms with Crippen molar-refractivity contribution in [1.82, 2.24) is 15.1 Å². The standard InChI is InChI=1S/C23H15N5O5S2/c1-12(13-5-3-2-4-6-13)32-22(31)26-17-14(28-33-15(17)11-24)7-8-16-25-18-19(34-16)35-20(27-18)23(9-10-23)21(29)30/h2-6,12H,9-10H2,1H3,(H,26,31)(H,29,30). The van der Waals surface area contributed by atoms with E-state index in [2.05, 4.69) is 32.3 Å². The number of thiazole rings is 2. The minimum atomic E-state index is -0.876. The number of nitrogens with one attached hydrogen (secondary N) is 1. The summed E-state index contributed by atoms with van der Waals surface area (Å²) in [5.41, 5.74) is 0.423. The van der Waals surface area contributed by atoms with Gasteiger partial charge in [-0.1, -0.05) is 46.8 Å². The molecule has 174 valence electrons. The first-order valence-corrected chi connectivity index (χ1v) is 12.0. The van der Waals surface area contributed by atoms with Gasteiger partial charge in [0.1, 0.15) is 32.3 Å². The third kappa shape index (κ3) is 4.33. The highest BCUT2D eigenvalue weighted by atomic mass is 32.2. The molecule has 1 aliphatic carbocycles. The molecule has 0 spiro atoms. The van der Waals surface area contributed by atoms with Crippen molar-refractivity contribution < 1.29 is 24.0 Å². The molecule has 3 heterocycles. The molecule has 3 aromatic heterocycles. The lowest BCUT2D eigenvalue weighted by atomic mass is 10.1. The van der Waals surface area contributed by atoms with Crippen LogP contribution in [0, 0.1) is 23.2 Å². The minimum Gasteiger partial charge on any atom is -0.481 e. The number of ether oxygens (including phenoxy) is 1. The molecule has 1 aliphatic rings. The number of carbonyl (C=O) groups excluding carboxylic acids is 1. The molecule has 10 nitrogen and oxygen atoms in total. The summed E-state index contributed by atoms with van der Waals surface area (Å²) in [5.74, 6) is 4.51. The lowest BCUT2D eigenvalue weighted by Gasteiger charge is -2.13. The van der Waals surface area contributed by atoms with Crippen LogP contribution in [-0.4, -0.2) is 32.3 Å². The number of hydrogen-bond donors (Lipinski definition) is 2. The summed E-state index contributed by atoms with van der Waals surface area (Å²) in [5, 5.41) is 26.0. The van der Waals surface area contributed by atoms with E-state index >= 15 is 0 Å². The SMILES string of the molecule is CC(OC(=O)Nc1c(C#Cc2nc3nc(C4(C(=O)O)CC4)sc3s2)noc1C#N)c1ccccc1. The quantitative estimate of drug-likeness (QED) is 0.375. The van der Waals surface area contributed by atoms with Crippen LogP contribution in [0.15, 0.2) is 34.9 Å².